The monoisotopic (exact) mass is 388 g/mol. The van der Waals surface area contributed by atoms with Gasteiger partial charge in [0.2, 0.25) is 0 Å². The molecule has 0 saturated heterocycles. The number of hydrogen-bond donors (Lipinski definition) is 2. The molecule has 5 nitrogen and oxygen atoms in total. The molecule has 1 aromatic heterocycles. The predicted molar refractivity (Wildman–Crippen MR) is 118 cm³/mol. The van der Waals surface area contributed by atoms with Gasteiger partial charge in [-0.25, -0.2) is 0 Å². The van der Waals surface area contributed by atoms with Gasteiger partial charge < -0.3 is 15.4 Å². The van der Waals surface area contributed by atoms with E-state index in [2.05, 4.69) is 50.9 Å². The van der Waals surface area contributed by atoms with Crippen molar-refractivity contribution in [2.45, 2.75) is 26.0 Å². The summed E-state index contributed by atoms with van der Waals surface area (Å²) in [6, 6.07) is 24.4. The predicted octanol–water partition coefficient (Wildman–Crippen LogP) is 3.96. The zero-order valence-electron chi connectivity index (χ0n) is 16.8. The molecule has 5 heteroatoms. The number of aliphatic imine (C=N–C) groups is 1. The van der Waals surface area contributed by atoms with Crippen LogP contribution in [0.2, 0.25) is 0 Å². The topological polar surface area (TPSA) is 58.5 Å². The summed E-state index contributed by atoms with van der Waals surface area (Å²) in [7, 11) is 1.79. The molecule has 0 aliphatic heterocycles. The summed E-state index contributed by atoms with van der Waals surface area (Å²) >= 11 is 0. The Morgan fingerprint density at radius 1 is 0.931 bits per heavy atom. The minimum Gasteiger partial charge on any atom is -0.487 e. The maximum atomic E-state index is 5.85. The number of rotatable bonds is 9. The fourth-order valence-electron chi connectivity index (χ4n) is 2.94. The molecule has 3 aromatic rings. The first-order valence-corrected chi connectivity index (χ1v) is 9.93. The summed E-state index contributed by atoms with van der Waals surface area (Å²) in [5.74, 6) is 1.64. The third kappa shape index (κ3) is 7.30. The Kier molecular flexibility index (Phi) is 8.08. The van der Waals surface area contributed by atoms with E-state index in [9.17, 15) is 0 Å². The quantitative estimate of drug-likeness (QED) is 0.331. The highest BCUT2D eigenvalue weighted by molar-refractivity contribution is 5.79. The van der Waals surface area contributed by atoms with Crippen molar-refractivity contribution in [2.75, 3.05) is 13.6 Å². The van der Waals surface area contributed by atoms with Crippen LogP contribution in [0.4, 0.5) is 0 Å². The normalized spacial score (nSPS) is 11.1. The fraction of sp³-hybridized carbons (Fsp3) is 0.250. The van der Waals surface area contributed by atoms with Crippen LogP contribution in [0.25, 0.3) is 0 Å². The van der Waals surface area contributed by atoms with Crippen molar-refractivity contribution in [2.24, 2.45) is 4.99 Å². The molecule has 0 radical (unpaired) electrons. The van der Waals surface area contributed by atoms with Crippen molar-refractivity contribution >= 4 is 5.96 Å². The SMILES string of the molecule is CN=C(NCCCc1ccccc1)NCc1cccc(OCc2ccccn2)c1. The number of aryl methyl sites for hydroxylation is 1. The van der Waals surface area contributed by atoms with Crippen LogP contribution < -0.4 is 15.4 Å². The number of hydrogen-bond acceptors (Lipinski definition) is 3. The molecule has 0 unspecified atom stereocenters. The third-order valence-electron chi connectivity index (χ3n) is 4.47. The number of guanidine groups is 1. The molecule has 0 aliphatic carbocycles. The second-order valence-electron chi connectivity index (χ2n) is 6.70. The third-order valence-corrected chi connectivity index (χ3v) is 4.47. The van der Waals surface area contributed by atoms with Gasteiger partial charge in [-0.3, -0.25) is 9.98 Å². The molecule has 1 heterocycles. The van der Waals surface area contributed by atoms with E-state index in [1.54, 1.807) is 13.2 Å². The van der Waals surface area contributed by atoms with E-state index in [0.717, 1.165) is 42.4 Å². The van der Waals surface area contributed by atoms with E-state index in [1.807, 2.05) is 42.5 Å². The smallest absolute Gasteiger partial charge is 0.191 e. The highest BCUT2D eigenvalue weighted by atomic mass is 16.5. The number of nitrogens with zero attached hydrogens (tertiary/aromatic N) is 2. The van der Waals surface area contributed by atoms with E-state index >= 15 is 0 Å². The maximum absolute atomic E-state index is 5.85. The zero-order valence-corrected chi connectivity index (χ0v) is 16.8. The second kappa shape index (κ2) is 11.5. The molecule has 150 valence electrons. The highest BCUT2D eigenvalue weighted by Crippen LogP contribution is 2.14. The molecule has 0 atom stereocenters. The molecular weight excluding hydrogens is 360 g/mol. The number of pyridine rings is 1. The maximum Gasteiger partial charge on any atom is 0.191 e. The minimum atomic E-state index is 0.461. The second-order valence-corrected chi connectivity index (χ2v) is 6.70. The van der Waals surface area contributed by atoms with Crippen LogP contribution in [-0.2, 0) is 19.6 Å². The van der Waals surface area contributed by atoms with E-state index < -0.39 is 0 Å². The number of ether oxygens (including phenoxy) is 1. The Morgan fingerprint density at radius 2 is 1.76 bits per heavy atom. The molecule has 2 aromatic carbocycles. The Hall–Kier alpha value is -3.34. The molecule has 3 rings (SSSR count). The summed E-state index contributed by atoms with van der Waals surface area (Å²) in [5.41, 5.74) is 3.41. The summed E-state index contributed by atoms with van der Waals surface area (Å²) < 4.78 is 5.85. The molecule has 0 aliphatic rings. The lowest BCUT2D eigenvalue weighted by Crippen LogP contribution is -2.37. The lowest BCUT2D eigenvalue weighted by Gasteiger charge is -2.13. The fourth-order valence-corrected chi connectivity index (χ4v) is 2.94. The van der Waals surface area contributed by atoms with Gasteiger partial charge in [-0.05, 0) is 48.2 Å². The van der Waals surface area contributed by atoms with Crippen molar-refractivity contribution in [1.82, 2.24) is 15.6 Å². The van der Waals surface area contributed by atoms with Crippen LogP contribution in [-0.4, -0.2) is 24.5 Å². The first-order valence-electron chi connectivity index (χ1n) is 9.93. The number of benzene rings is 2. The standard InChI is InChI=1S/C24H28N4O/c1-25-24(27-16-8-12-20-9-3-2-4-10-20)28-18-21-11-7-14-23(17-21)29-19-22-13-5-6-15-26-22/h2-7,9-11,13-15,17H,8,12,16,18-19H2,1H3,(H2,25,27,28). The number of nitrogens with one attached hydrogen (secondary N) is 2. The Bertz CT molecular complexity index is 882. The molecule has 2 N–H and O–H groups in total. The van der Waals surface area contributed by atoms with Crippen LogP contribution in [0.15, 0.2) is 84.0 Å². The van der Waals surface area contributed by atoms with Crippen molar-refractivity contribution < 1.29 is 4.74 Å². The largest absolute Gasteiger partial charge is 0.487 e. The van der Waals surface area contributed by atoms with Crippen LogP contribution >= 0.6 is 0 Å². The zero-order chi connectivity index (χ0) is 20.2. The van der Waals surface area contributed by atoms with Crippen LogP contribution in [0.1, 0.15) is 23.2 Å². The summed E-state index contributed by atoms with van der Waals surface area (Å²) in [4.78, 5) is 8.58. The Balaban J connectivity index is 1.40. The van der Waals surface area contributed by atoms with E-state index in [1.165, 1.54) is 5.56 Å². The molecule has 0 bridgehead atoms. The average Bonchev–Trinajstić information content (AvgIpc) is 2.79. The van der Waals surface area contributed by atoms with Gasteiger partial charge >= 0.3 is 0 Å². The molecule has 0 amide bonds. The van der Waals surface area contributed by atoms with Gasteiger partial charge in [0.05, 0.1) is 5.69 Å². The highest BCUT2D eigenvalue weighted by Gasteiger charge is 2.02. The van der Waals surface area contributed by atoms with Gasteiger partial charge in [-0.1, -0.05) is 48.5 Å². The van der Waals surface area contributed by atoms with Gasteiger partial charge in [-0.2, -0.15) is 0 Å². The molecule has 0 saturated carbocycles. The Morgan fingerprint density at radius 3 is 2.55 bits per heavy atom. The van der Waals surface area contributed by atoms with Gasteiger partial charge in [0, 0.05) is 26.3 Å². The first-order chi connectivity index (χ1) is 14.3. The van der Waals surface area contributed by atoms with E-state index in [0.29, 0.717) is 13.2 Å². The van der Waals surface area contributed by atoms with Gasteiger partial charge in [0.1, 0.15) is 12.4 Å². The van der Waals surface area contributed by atoms with E-state index in [-0.39, 0.29) is 0 Å². The van der Waals surface area contributed by atoms with E-state index in [4.69, 9.17) is 4.74 Å². The Labute approximate surface area is 172 Å². The summed E-state index contributed by atoms with van der Waals surface area (Å²) in [6.45, 7) is 2.02. The van der Waals surface area contributed by atoms with Crippen molar-refractivity contribution in [3.05, 3.63) is 95.8 Å². The molecular formula is C24H28N4O. The van der Waals surface area contributed by atoms with Crippen molar-refractivity contribution in [3.8, 4) is 5.75 Å². The van der Waals surface area contributed by atoms with Gasteiger partial charge in [-0.15, -0.1) is 0 Å². The van der Waals surface area contributed by atoms with Crippen LogP contribution in [0.3, 0.4) is 0 Å². The lowest BCUT2D eigenvalue weighted by atomic mass is 10.1. The molecule has 0 spiro atoms. The average molecular weight is 389 g/mol. The molecule has 29 heavy (non-hydrogen) atoms. The summed E-state index contributed by atoms with van der Waals surface area (Å²) in [6.07, 6.45) is 3.89. The van der Waals surface area contributed by atoms with Crippen LogP contribution in [0, 0.1) is 0 Å². The summed E-state index contributed by atoms with van der Waals surface area (Å²) in [5, 5.41) is 6.73. The lowest BCUT2D eigenvalue weighted by molar-refractivity contribution is 0.301. The first kappa shape index (κ1) is 20.4. The van der Waals surface area contributed by atoms with Gasteiger partial charge in [0.15, 0.2) is 5.96 Å². The number of aromatic nitrogens is 1. The molecule has 0 fully saturated rings. The van der Waals surface area contributed by atoms with Gasteiger partial charge in [0.25, 0.3) is 0 Å². The van der Waals surface area contributed by atoms with Crippen molar-refractivity contribution in [1.29, 1.82) is 0 Å². The van der Waals surface area contributed by atoms with Crippen molar-refractivity contribution in [3.63, 3.8) is 0 Å². The van der Waals surface area contributed by atoms with Crippen LogP contribution in [0.5, 0.6) is 5.75 Å². The minimum absolute atomic E-state index is 0.461.